The zero-order chi connectivity index (χ0) is 59.8. The number of rotatable bonds is 25. The number of carbonyl (C=O) groups excluding carboxylic acids is 8. The van der Waals surface area contributed by atoms with E-state index in [1.165, 1.54) is 79.0 Å². The fourth-order valence-electron chi connectivity index (χ4n) is 9.16. The maximum absolute atomic E-state index is 13.7. The van der Waals surface area contributed by atoms with Gasteiger partial charge in [0.1, 0.15) is 35.1 Å². The summed E-state index contributed by atoms with van der Waals surface area (Å²) in [7, 11) is -9.02. The van der Waals surface area contributed by atoms with Crippen LogP contribution in [0.3, 0.4) is 0 Å². The molecule has 0 radical (unpaired) electrons. The summed E-state index contributed by atoms with van der Waals surface area (Å²) in [5.74, 6) is -6.35. The van der Waals surface area contributed by atoms with Gasteiger partial charge in [-0.25, -0.2) is 13.1 Å². The quantitative estimate of drug-likeness (QED) is 0.0195. The molecule has 0 spiro atoms. The Morgan fingerprint density at radius 3 is 2.04 bits per heavy atom. The molecular weight excluding hydrogens is 1090 g/mol. The highest BCUT2D eigenvalue weighted by molar-refractivity contribution is 7.91. The Balaban J connectivity index is 0.982. The van der Waals surface area contributed by atoms with Crippen LogP contribution in [0, 0.1) is 11.8 Å². The van der Waals surface area contributed by atoms with Gasteiger partial charge in [0, 0.05) is 43.0 Å². The number of nitrogens with one attached hydrogen (secondary N) is 7. The van der Waals surface area contributed by atoms with Crippen molar-refractivity contribution >= 4 is 84.0 Å². The number of aliphatic hydroxyl groups is 1. The van der Waals surface area contributed by atoms with Gasteiger partial charge in [-0.15, -0.1) is 5.10 Å². The maximum atomic E-state index is 13.7. The molecule has 6 rings (SSSR count). The van der Waals surface area contributed by atoms with Crippen LogP contribution in [0.5, 0.6) is 0 Å². The predicted molar refractivity (Wildman–Crippen MR) is 294 cm³/mol. The fourth-order valence-corrected chi connectivity index (χ4v) is 11.0. The average Bonchev–Trinajstić information content (AvgIpc) is 4.25. The van der Waals surface area contributed by atoms with Gasteiger partial charge < -0.3 is 58.7 Å². The van der Waals surface area contributed by atoms with Gasteiger partial charge in [-0.2, -0.15) is 8.42 Å². The second kappa shape index (κ2) is 26.3. The Hall–Kier alpha value is -7.70. The minimum atomic E-state index is -5.01. The lowest BCUT2D eigenvalue weighted by atomic mass is 9.82. The third-order valence-electron chi connectivity index (χ3n) is 13.6. The van der Waals surface area contributed by atoms with Crippen molar-refractivity contribution in [1.29, 1.82) is 0 Å². The molecule has 7 unspecified atom stereocenters. The molecule has 3 aromatic carbocycles. The van der Waals surface area contributed by atoms with Crippen LogP contribution in [0.2, 0.25) is 0 Å². The van der Waals surface area contributed by atoms with Crippen LogP contribution < -0.4 is 48.7 Å². The lowest BCUT2D eigenvalue weighted by Gasteiger charge is -2.30. The summed E-state index contributed by atoms with van der Waals surface area (Å²) in [6, 6.07) is 6.10. The highest BCUT2D eigenvalue weighted by Gasteiger charge is 2.40. The minimum absolute atomic E-state index is 0.0182. The number of hydrogen-bond donors (Lipinski definition) is 11. The van der Waals surface area contributed by atoms with Gasteiger partial charge >= 0.3 is 0 Å². The van der Waals surface area contributed by atoms with Crippen molar-refractivity contribution in [1.82, 2.24) is 51.8 Å². The van der Waals surface area contributed by atoms with E-state index in [1.54, 1.807) is 33.8 Å². The Kier molecular flexibility index (Phi) is 20.3. The van der Waals surface area contributed by atoms with Crippen LogP contribution in [0.4, 0.5) is 17.1 Å². The number of aliphatic hydroxyl groups excluding tert-OH is 1. The van der Waals surface area contributed by atoms with Gasteiger partial charge in [-0.05, 0) is 69.7 Å². The second-order valence-electron chi connectivity index (χ2n) is 20.6. The summed E-state index contributed by atoms with van der Waals surface area (Å²) in [4.78, 5) is 107. The molecule has 1 fully saturated rings. The van der Waals surface area contributed by atoms with E-state index in [2.05, 4.69) is 47.5 Å². The number of nitrogens with two attached hydrogens (primary N) is 2. The van der Waals surface area contributed by atoms with Crippen LogP contribution in [0.25, 0.3) is 0 Å². The number of ketones is 2. The van der Waals surface area contributed by atoms with Gasteiger partial charge in [0.05, 0.1) is 63.7 Å². The van der Waals surface area contributed by atoms with Gasteiger partial charge in [0.2, 0.25) is 35.4 Å². The molecule has 2 heterocycles. The van der Waals surface area contributed by atoms with Crippen molar-refractivity contribution in [3.8, 4) is 0 Å². The number of nitrogens with zero attached hydrogens (tertiary/aromatic N) is 4. The largest absolute Gasteiger partial charge is 0.397 e. The highest BCUT2D eigenvalue weighted by atomic mass is 32.2. The molecule has 1 aliphatic carbocycles. The lowest BCUT2D eigenvalue weighted by Crippen LogP contribution is -2.60. The molecule has 438 valence electrons. The fraction of sp³-hybridized carbons (Fsp3) is 0.462. The number of amides is 6. The van der Waals surface area contributed by atoms with Crippen LogP contribution in [0.1, 0.15) is 98.8 Å². The third-order valence-corrected chi connectivity index (χ3v) is 16.2. The summed E-state index contributed by atoms with van der Waals surface area (Å²) in [5, 5.41) is 37.8. The summed E-state index contributed by atoms with van der Waals surface area (Å²) < 4.78 is 63.3. The van der Waals surface area contributed by atoms with Gasteiger partial charge in [-0.1, -0.05) is 63.2 Å². The second-order valence-corrected chi connectivity index (χ2v) is 24.1. The molecule has 7 atom stereocenters. The first-order valence-corrected chi connectivity index (χ1v) is 29.1. The molecule has 29 heteroatoms. The van der Waals surface area contributed by atoms with Crippen molar-refractivity contribution in [2.24, 2.45) is 17.6 Å². The number of nitrogen functional groups attached to an aromatic ring is 1. The number of carbonyl (C=O) groups is 8. The van der Waals surface area contributed by atoms with Gasteiger partial charge in [0.25, 0.3) is 10.1 Å². The SMILES string of the molecule is CC(N)C(=O)NC(C)C(=O)N1CCCC1C(=O)NC(C(=O)NC(C)C(=O)NC(C(=O)NCC(O)Cn1nncc1CNCCS(=O)(=O)c1cccc(Nc2cc(S(=O)(=O)O)c(N)c3c2C(=O)c2ccccc2C3=O)c1)C(C)C)C(C)C. The zero-order valence-electron chi connectivity index (χ0n) is 45.7. The number of hydrogen-bond acceptors (Lipinski definition) is 19. The molecule has 1 saturated heterocycles. The minimum Gasteiger partial charge on any atom is -0.397 e. The number of sulfone groups is 1. The van der Waals surface area contributed by atoms with E-state index in [-0.39, 0.29) is 65.7 Å². The van der Waals surface area contributed by atoms with Crippen molar-refractivity contribution in [2.45, 2.75) is 127 Å². The molecule has 13 N–H and O–H groups in total. The summed E-state index contributed by atoms with van der Waals surface area (Å²) in [6.45, 7) is 10.9. The first-order valence-electron chi connectivity index (χ1n) is 26.1. The van der Waals surface area contributed by atoms with Crippen LogP contribution in [-0.2, 0) is 61.8 Å². The first kappa shape index (κ1) is 62.5. The van der Waals surface area contributed by atoms with E-state index in [4.69, 9.17) is 11.5 Å². The average molecular weight is 1160 g/mol. The van der Waals surface area contributed by atoms with E-state index in [9.17, 15) is 64.9 Å². The molecule has 2 aliphatic rings. The van der Waals surface area contributed by atoms with E-state index >= 15 is 0 Å². The molecule has 1 aliphatic heterocycles. The van der Waals surface area contributed by atoms with E-state index < -0.39 is 143 Å². The topological polar surface area (TPSA) is 415 Å². The Morgan fingerprint density at radius 2 is 1.41 bits per heavy atom. The number of benzene rings is 3. The monoisotopic (exact) mass is 1160 g/mol. The zero-order valence-corrected chi connectivity index (χ0v) is 47.3. The van der Waals surface area contributed by atoms with Crippen molar-refractivity contribution < 1.29 is 64.9 Å². The standard InChI is InChI=1S/C52H69N13O14S2/c1-26(2)43(61-48(70)29(6)58-51(73)44(27(3)4)62-49(71)38-16-11-18-64(38)52(74)30(7)59-47(69)28(5)53)50(72)56-24-33(66)25-65-32(23-57-63-65)22-55-17-19-80(75,76)34-13-10-12-31(20-34)60-37-21-39(81(77,78)79)42(54)41-40(37)45(67)35-14-8-9-15-36(35)46(41)68/h8-10,12-15,20-21,23,26-30,33,38,43-44,55,60,66H,11,16-19,22,24-25,53-54H2,1-7H3,(H,56,72)(H,58,73)(H,59,69)(H,61,70)(H,62,71)(H,77,78,79). The number of fused-ring (bicyclic) bond motifs is 2. The van der Waals surface area contributed by atoms with Crippen molar-refractivity contribution in [2.75, 3.05) is 36.4 Å². The molecule has 1 aromatic heterocycles. The third kappa shape index (κ3) is 15.0. The van der Waals surface area contributed by atoms with Crippen LogP contribution in [0.15, 0.2) is 70.6 Å². The first-order chi connectivity index (χ1) is 38.0. The molecule has 81 heavy (non-hydrogen) atoms. The maximum Gasteiger partial charge on any atom is 0.296 e. The predicted octanol–water partition coefficient (Wildman–Crippen LogP) is -0.704. The van der Waals surface area contributed by atoms with Gasteiger partial charge in [-0.3, -0.25) is 42.9 Å². The highest BCUT2D eigenvalue weighted by Crippen LogP contribution is 2.40. The lowest BCUT2D eigenvalue weighted by molar-refractivity contribution is -0.142. The van der Waals surface area contributed by atoms with Crippen LogP contribution in [-0.4, -0.2) is 161 Å². The van der Waals surface area contributed by atoms with E-state index in [0.29, 0.717) is 18.5 Å². The van der Waals surface area contributed by atoms with E-state index in [1.807, 2.05) is 0 Å². The molecular formula is C52H69N13O14S2. The van der Waals surface area contributed by atoms with Crippen molar-refractivity contribution in [3.05, 3.63) is 88.7 Å². The molecule has 6 amide bonds. The number of aromatic nitrogens is 3. The summed E-state index contributed by atoms with van der Waals surface area (Å²) >= 11 is 0. The normalized spacial score (nSPS) is 16.5. The Morgan fingerprint density at radius 1 is 0.778 bits per heavy atom. The molecule has 0 saturated carbocycles. The number of likely N-dealkylation sites (tertiary alicyclic amines) is 1. The van der Waals surface area contributed by atoms with Crippen LogP contribution >= 0.6 is 0 Å². The summed E-state index contributed by atoms with van der Waals surface area (Å²) in [6.07, 6.45) is 1.02. The van der Waals surface area contributed by atoms with E-state index in [0.717, 1.165) is 6.07 Å². The van der Waals surface area contributed by atoms with Crippen molar-refractivity contribution in [3.63, 3.8) is 0 Å². The Bertz CT molecular complexity index is 3310. The Labute approximate surface area is 468 Å². The van der Waals surface area contributed by atoms with Gasteiger partial charge in [0.15, 0.2) is 21.4 Å². The summed E-state index contributed by atoms with van der Waals surface area (Å²) in [5.41, 5.74) is 10.7. The smallest absolute Gasteiger partial charge is 0.296 e. The number of anilines is 3. The molecule has 4 aromatic rings. The molecule has 27 nitrogen and oxygen atoms in total. The molecule has 0 bridgehead atoms.